The van der Waals surface area contributed by atoms with Gasteiger partial charge in [0.1, 0.15) is 0 Å². The van der Waals surface area contributed by atoms with E-state index >= 15 is 0 Å². The standard InChI is InChI=1S/C19H18ClN3OS2/c1-23-9-8-14-16(10-23)26-19(21-14)22-17(24)11-25-15-7-3-5-12-4-2-6-13(20)18(12)15/h2-7H,8-11H2,1H3,(H,21,22,24). The molecule has 0 saturated heterocycles. The molecule has 26 heavy (non-hydrogen) atoms. The number of hydrogen-bond acceptors (Lipinski definition) is 5. The van der Waals surface area contributed by atoms with E-state index in [0.29, 0.717) is 15.9 Å². The van der Waals surface area contributed by atoms with Gasteiger partial charge in [0.25, 0.3) is 0 Å². The Morgan fingerprint density at radius 1 is 1.35 bits per heavy atom. The van der Waals surface area contributed by atoms with Gasteiger partial charge in [-0.15, -0.1) is 23.1 Å². The van der Waals surface area contributed by atoms with Gasteiger partial charge in [0, 0.05) is 39.7 Å². The summed E-state index contributed by atoms with van der Waals surface area (Å²) in [5, 5.41) is 6.44. The summed E-state index contributed by atoms with van der Waals surface area (Å²) in [5.41, 5.74) is 1.12. The van der Waals surface area contributed by atoms with Crippen LogP contribution in [0.25, 0.3) is 10.8 Å². The Hall–Kier alpha value is -1.60. The lowest BCUT2D eigenvalue weighted by Crippen LogP contribution is -2.25. The summed E-state index contributed by atoms with van der Waals surface area (Å²) < 4.78 is 0. The highest BCUT2D eigenvalue weighted by molar-refractivity contribution is 8.00. The number of fused-ring (bicyclic) bond motifs is 2. The van der Waals surface area contributed by atoms with Gasteiger partial charge < -0.3 is 10.2 Å². The lowest BCUT2D eigenvalue weighted by atomic mass is 10.1. The zero-order valence-electron chi connectivity index (χ0n) is 14.3. The Bertz CT molecular complexity index is 967. The summed E-state index contributed by atoms with van der Waals surface area (Å²) in [5.74, 6) is 0.285. The van der Waals surface area contributed by atoms with Gasteiger partial charge in [0.2, 0.25) is 5.91 Å². The predicted octanol–water partition coefficient (Wildman–Crippen LogP) is 4.67. The fourth-order valence-corrected chi connectivity index (χ4v) is 5.41. The van der Waals surface area contributed by atoms with Crippen LogP contribution in [-0.4, -0.2) is 35.1 Å². The van der Waals surface area contributed by atoms with Crippen molar-refractivity contribution >= 4 is 56.5 Å². The van der Waals surface area contributed by atoms with E-state index in [-0.39, 0.29) is 5.91 Å². The number of aromatic nitrogens is 1. The molecule has 0 atom stereocenters. The summed E-state index contributed by atoms with van der Waals surface area (Å²) in [4.78, 5) is 21.5. The third-order valence-electron chi connectivity index (χ3n) is 4.34. The number of nitrogens with one attached hydrogen (secondary N) is 1. The monoisotopic (exact) mass is 403 g/mol. The number of halogens is 1. The second kappa shape index (κ2) is 7.56. The van der Waals surface area contributed by atoms with Crippen LogP contribution in [0.4, 0.5) is 5.13 Å². The van der Waals surface area contributed by atoms with E-state index in [1.807, 2.05) is 36.4 Å². The third kappa shape index (κ3) is 3.74. The number of anilines is 1. The van der Waals surface area contributed by atoms with Gasteiger partial charge in [0.05, 0.1) is 11.4 Å². The second-order valence-electron chi connectivity index (χ2n) is 6.31. The lowest BCUT2D eigenvalue weighted by molar-refractivity contribution is -0.113. The first kappa shape index (κ1) is 17.8. The molecular formula is C19H18ClN3OS2. The largest absolute Gasteiger partial charge is 0.301 e. The van der Waals surface area contributed by atoms with Crippen LogP contribution in [-0.2, 0) is 17.8 Å². The van der Waals surface area contributed by atoms with Crippen molar-refractivity contribution in [3.8, 4) is 0 Å². The van der Waals surface area contributed by atoms with E-state index in [2.05, 4.69) is 22.2 Å². The van der Waals surface area contributed by atoms with Crippen LogP contribution < -0.4 is 5.32 Å². The normalized spacial score (nSPS) is 14.4. The molecule has 134 valence electrons. The highest BCUT2D eigenvalue weighted by Gasteiger charge is 2.19. The fourth-order valence-electron chi connectivity index (χ4n) is 3.06. The zero-order valence-corrected chi connectivity index (χ0v) is 16.7. The molecule has 1 aromatic heterocycles. The summed E-state index contributed by atoms with van der Waals surface area (Å²) in [6.07, 6.45) is 0.946. The number of carbonyl (C=O) groups is 1. The summed E-state index contributed by atoms with van der Waals surface area (Å²) >= 11 is 9.43. The Labute approximate surface area is 165 Å². The Kier molecular flexibility index (Phi) is 5.18. The molecule has 1 aliphatic rings. The lowest BCUT2D eigenvalue weighted by Gasteiger charge is -2.20. The summed E-state index contributed by atoms with van der Waals surface area (Å²) in [6, 6.07) is 11.9. The molecule has 1 aliphatic heterocycles. The van der Waals surface area contributed by atoms with Gasteiger partial charge in [-0.05, 0) is 24.6 Å². The summed E-state index contributed by atoms with van der Waals surface area (Å²) in [7, 11) is 2.10. The van der Waals surface area contributed by atoms with E-state index in [9.17, 15) is 4.79 Å². The molecule has 2 heterocycles. The minimum atomic E-state index is -0.0430. The van der Waals surface area contributed by atoms with Crippen LogP contribution in [0, 0.1) is 0 Å². The first-order valence-electron chi connectivity index (χ1n) is 8.37. The molecule has 4 nitrogen and oxygen atoms in total. The van der Waals surface area contributed by atoms with Crippen LogP contribution >= 0.6 is 34.7 Å². The highest BCUT2D eigenvalue weighted by atomic mass is 35.5. The van der Waals surface area contributed by atoms with E-state index in [4.69, 9.17) is 11.6 Å². The molecule has 0 unspecified atom stereocenters. The molecule has 4 rings (SSSR count). The summed E-state index contributed by atoms with van der Waals surface area (Å²) in [6.45, 7) is 1.92. The van der Waals surface area contributed by atoms with Gasteiger partial charge in [-0.2, -0.15) is 0 Å². The minimum absolute atomic E-state index is 0.0430. The number of thioether (sulfide) groups is 1. The molecule has 2 aromatic carbocycles. The average Bonchev–Trinajstić information content (AvgIpc) is 3.01. The van der Waals surface area contributed by atoms with Gasteiger partial charge in [-0.1, -0.05) is 35.9 Å². The van der Waals surface area contributed by atoms with Crippen LogP contribution in [0.2, 0.25) is 5.02 Å². The van der Waals surface area contributed by atoms with Gasteiger partial charge in [-0.3, -0.25) is 4.79 Å². The van der Waals surface area contributed by atoms with Crippen molar-refractivity contribution in [1.82, 2.24) is 9.88 Å². The van der Waals surface area contributed by atoms with Crippen LogP contribution in [0.15, 0.2) is 41.3 Å². The number of hydrogen-bond donors (Lipinski definition) is 1. The topological polar surface area (TPSA) is 45.2 Å². The first-order chi connectivity index (χ1) is 12.6. The van der Waals surface area contributed by atoms with Gasteiger partial charge in [-0.25, -0.2) is 4.98 Å². The molecule has 0 aliphatic carbocycles. The molecule has 3 aromatic rings. The molecule has 0 saturated carbocycles. The SMILES string of the molecule is CN1CCc2nc(NC(=O)CSc3cccc4cccc(Cl)c34)sc2C1. The number of likely N-dealkylation sites (N-methyl/N-ethyl adjacent to an activating group) is 1. The van der Waals surface area contributed by atoms with Crippen molar-refractivity contribution < 1.29 is 4.79 Å². The van der Waals surface area contributed by atoms with Crippen molar-refractivity contribution in [2.75, 3.05) is 24.7 Å². The van der Waals surface area contributed by atoms with E-state index < -0.39 is 0 Å². The number of amides is 1. The van der Waals surface area contributed by atoms with Crippen LogP contribution in [0.5, 0.6) is 0 Å². The molecule has 1 N–H and O–H groups in total. The Balaban J connectivity index is 1.44. The minimum Gasteiger partial charge on any atom is -0.301 e. The molecular weight excluding hydrogens is 386 g/mol. The number of benzene rings is 2. The van der Waals surface area contributed by atoms with Crippen molar-refractivity contribution in [3.05, 3.63) is 52.0 Å². The Morgan fingerprint density at radius 3 is 3.00 bits per heavy atom. The van der Waals surface area contributed by atoms with Crippen molar-refractivity contribution in [3.63, 3.8) is 0 Å². The molecule has 1 amide bonds. The van der Waals surface area contributed by atoms with Gasteiger partial charge in [0.15, 0.2) is 5.13 Å². The Morgan fingerprint density at radius 2 is 2.15 bits per heavy atom. The second-order valence-corrected chi connectivity index (χ2v) is 8.82. The molecule has 0 radical (unpaired) electrons. The molecule has 0 fully saturated rings. The third-order valence-corrected chi connectivity index (χ3v) is 6.71. The molecule has 0 spiro atoms. The van der Waals surface area contributed by atoms with E-state index in [0.717, 1.165) is 40.9 Å². The number of carbonyl (C=O) groups excluding carboxylic acids is 1. The van der Waals surface area contributed by atoms with Crippen LogP contribution in [0.3, 0.4) is 0 Å². The molecule has 0 bridgehead atoms. The first-order valence-corrected chi connectivity index (χ1v) is 10.5. The van der Waals surface area contributed by atoms with E-state index in [1.165, 1.54) is 16.6 Å². The quantitative estimate of drug-likeness (QED) is 0.643. The fraction of sp³-hybridized carbons (Fsp3) is 0.263. The van der Waals surface area contributed by atoms with Crippen LogP contribution in [0.1, 0.15) is 10.6 Å². The maximum Gasteiger partial charge on any atom is 0.236 e. The smallest absolute Gasteiger partial charge is 0.236 e. The zero-order chi connectivity index (χ0) is 18.1. The van der Waals surface area contributed by atoms with Gasteiger partial charge >= 0.3 is 0 Å². The average molecular weight is 404 g/mol. The maximum absolute atomic E-state index is 12.4. The predicted molar refractivity (Wildman–Crippen MR) is 110 cm³/mol. The number of rotatable bonds is 4. The van der Waals surface area contributed by atoms with Crippen molar-refractivity contribution in [2.45, 2.75) is 17.9 Å². The number of nitrogens with zero attached hydrogens (tertiary/aromatic N) is 2. The number of thiazole rings is 1. The molecule has 7 heteroatoms. The van der Waals surface area contributed by atoms with Crippen molar-refractivity contribution in [2.24, 2.45) is 0 Å². The van der Waals surface area contributed by atoms with Crippen molar-refractivity contribution in [1.29, 1.82) is 0 Å². The van der Waals surface area contributed by atoms with E-state index in [1.54, 1.807) is 11.3 Å². The highest BCUT2D eigenvalue weighted by Crippen LogP contribution is 2.33. The maximum atomic E-state index is 12.4.